The van der Waals surface area contributed by atoms with E-state index in [-0.39, 0.29) is 11.2 Å². The number of thiazole rings is 1. The maximum atomic E-state index is 5.97. The predicted octanol–water partition coefficient (Wildman–Crippen LogP) is 1.63. The van der Waals surface area contributed by atoms with E-state index in [4.69, 9.17) is 9.31 Å². The Morgan fingerprint density at radius 2 is 1.89 bits per heavy atom. The van der Waals surface area contributed by atoms with Crippen LogP contribution in [0.25, 0.3) is 5.00 Å². The van der Waals surface area contributed by atoms with E-state index < -0.39 is 7.12 Å². The maximum Gasteiger partial charge on any atom is 0.516 e. The van der Waals surface area contributed by atoms with Gasteiger partial charge in [0.2, 0.25) is 0 Å². The third-order valence-electron chi connectivity index (χ3n) is 3.75. The van der Waals surface area contributed by atoms with Crippen molar-refractivity contribution in [3.63, 3.8) is 0 Å². The van der Waals surface area contributed by atoms with E-state index in [1.807, 2.05) is 40.0 Å². The lowest BCUT2D eigenvalue weighted by Gasteiger charge is -2.32. The first-order valence-electron chi connectivity index (χ1n) is 6.19. The standard InChI is InChI=1S/C12H16BN3O2S/c1-11(2)12(3,4)18-13(17-11)9-5-6-16(15-9)10-7-14-8-19-10/h5-8H,1-4H3. The molecule has 1 aliphatic rings. The second-order valence-electron chi connectivity index (χ2n) is 5.61. The van der Waals surface area contributed by atoms with Crippen LogP contribution in [0.2, 0.25) is 0 Å². The second-order valence-corrected chi connectivity index (χ2v) is 6.48. The van der Waals surface area contributed by atoms with Crippen LogP contribution in [0.4, 0.5) is 0 Å². The molecule has 0 atom stereocenters. The first-order chi connectivity index (χ1) is 8.89. The summed E-state index contributed by atoms with van der Waals surface area (Å²) in [5.74, 6) is 0. The third kappa shape index (κ3) is 2.11. The molecule has 2 aromatic rings. The Bertz CT molecular complexity index is 564. The van der Waals surface area contributed by atoms with Gasteiger partial charge in [-0.1, -0.05) is 0 Å². The molecular formula is C12H16BN3O2S. The monoisotopic (exact) mass is 277 g/mol. The van der Waals surface area contributed by atoms with E-state index in [1.54, 1.807) is 16.4 Å². The molecule has 1 saturated heterocycles. The minimum atomic E-state index is -0.417. The quantitative estimate of drug-likeness (QED) is 0.783. The van der Waals surface area contributed by atoms with Crippen LogP contribution in [-0.2, 0) is 9.31 Å². The average molecular weight is 277 g/mol. The number of hydrogen-bond acceptors (Lipinski definition) is 5. The Kier molecular flexibility index (Phi) is 2.81. The lowest BCUT2D eigenvalue weighted by Crippen LogP contribution is -2.41. The molecule has 3 rings (SSSR count). The molecule has 19 heavy (non-hydrogen) atoms. The molecule has 7 heteroatoms. The van der Waals surface area contributed by atoms with Gasteiger partial charge >= 0.3 is 7.12 Å². The zero-order valence-corrected chi connectivity index (χ0v) is 12.3. The summed E-state index contributed by atoms with van der Waals surface area (Å²) in [5, 5.41) is 5.48. The van der Waals surface area contributed by atoms with E-state index in [2.05, 4.69) is 10.1 Å². The normalized spacial score (nSPS) is 20.9. The smallest absolute Gasteiger partial charge is 0.398 e. The van der Waals surface area contributed by atoms with Gasteiger partial charge in [0.05, 0.1) is 28.5 Å². The van der Waals surface area contributed by atoms with Gasteiger partial charge in [-0.05, 0) is 33.8 Å². The molecule has 0 saturated carbocycles. The Morgan fingerprint density at radius 3 is 2.47 bits per heavy atom. The Labute approximate surface area is 116 Å². The van der Waals surface area contributed by atoms with Crippen LogP contribution in [0.5, 0.6) is 0 Å². The van der Waals surface area contributed by atoms with E-state index in [0.29, 0.717) is 0 Å². The topological polar surface area (TPSA) is 49.2 Å². The number of nitrogens with zero attached hydrogens (tertiary/aromatic N) is 3. The third-order valence-corrected chi connectivity index (χ3v) is 4.51. The van der Waals surface area contributed by atoms with Crippen LogP contribution in [-0.4, -0.2) is 33.1 Å². The molecule has 1 aliphatic heterocycles. The Morgan fingerprint density at radius 1 is 1.21 bits per heavy atom. The molecule has 0 bridgehead atoms. The summed E-state index contributed by atoms with van der Waals surface area (Å²) in [6, 6.07) is 1.92. The summed E-state index contributed by atoms with van der Waals surface area (Å²) in [6.07, 6.45) is 3.68. The highest BCUT2D eigenvalue weighted by Crippen LogP contribution is 2.36. The summed E-state index contributed by atoms with van der Waals surface area (Å²) >= 11 is 1.54. The number of hydrogen-bond donors (Lipinski definition) is 0. The Balaban J connectivity index is 1.85. The van der Waals surface area contributed by atoms with E-state index in [1.165, 1.54) is 11.3 Å². The van der Waals surface area contributed by atoms with Gasteiger partial charge in [0, 0.05) is 6.20 Å². The molecule has 0 spiro atoms. The highest BCUT2D eigenvalue weighted by Gasteiger charge is 2.52. The van der Waals surface area contributed by atoms with Crippen molar-refractivity contribution in [1.82, 2.24) is 14.8 Å². The van der Waals surface area contributed by atoms with Crippen molar-refractivity contribution in [3.8, 4) is 5.00 Å². The first kappa shape index (κ1) is 12.8. The molecule has 0 N–H and O–H groups in total. The van der Waals surface area contributed by atoms with Crippen LogP contribution < -0.4 is 5.59 Å². The molecule has 1 fully saturated rings. The van der Waals surface area contributed by atoms with Crippen LogP contribution in [0.15, 0.2) is 24.0 Å². The largest absolute Gasteiger partial charge is 0.516 e. The van der Waals surface area contributed by atoms with Crippen molar-refractivity contribution in [2.45, 2.75) is 38.9 Å². The summed E-state index contributed by atoms with van der Waals surface area (Å²) in [6.45, 7) is 8.14. The maximum absolute atomic E-state index is 5.97. The first-order valence-corrected chi connectivity index (χ1v) is 7.07. The fourth-order valence-electron chi connectivity index (χ4n) is 1.87. The van der Waals surface area contributed by atoms with Crippen LogP contribution >= 0.6 is 11.3 Å². The van der Waals surface area contributed by atoms with E-state index in [0.717, 1.165) is 10.6 Å². The van der Waals surface area contributed by atoms with Gasteiger partial charge in [-0.25, -0.2) is 4.68 Å². The zero-order chi connectivity index (χ0) is 13.7. The molecule has 0 unspecified atom stereocenters. The van der Waals surface area contributed by atoms with Crippen molar-refractivity contribution in [1.29, 1.82) is 0 Å². The molecule has 3 heterocycles. The van der Waals surface area contributed by atoms with E-state index >= 15 is 0 Å². The highest BCUT2D eigenvalue weighted by molar-refractivity contribution is 7.12. The fraction of sp³-hybridized carbons (Fsp3) is 0.500. The van der Waals surface area contributed by atoms with Crippen molar-refractivity contribution in [2.24, 2.45) is 0 Å². The van der Waals surface area contributed by atoms with Crippen LogP contribution in [0.3, 0.4) is 0 Å². The predicted molar refractivity (Wildman–Crippen MR) is 75.0 cm³/mol. The lowest BCUT2D eigenvalue weighted by molar-refractivity contribution is 0.00578. The van der Waals surface area contributed by atoms with Gasteiger partial charge in [-0.15, -0.1) is 11.3 Å². The fourth-order valence-corrected chi connectivity index (χ4v) is 2.43. The summed E-state index contributed by atoms with van der Waals surface area (Å²) in [4.78, 5) is 4.05. The van der Waals surface area contributed by atoms with Gasteiger partial charge in [0.1, 0.15) is 5.00 Å². The van der Waals surface area contributed by atoms with E-state index in [9.17, 15) is 0 Å². The SMILES string of the molecule is CC1(C)OB(c2ccn(-c3cncs3)n2)OC1(C)C. The van der Waals surface area contributed by atoms with Gasteiger partial charge < -0.3 is 9.31 Å². The highest BCUT2D eigenvalue weighted by atomic mass is 32.1. The van der Waals surface area contributed by atoms with Crippen LogP contribution in [0, 0.1) is 0 Å². The minimum Gasteiger partial charge on any atom is -0.398 e. The number of rotatable bonds is 2. The molecular weight excluding hydrogens is 261 g/mol. The van der Waals surface area contributed by atoms with Crippen LogP contribution in [0.1, 0.15) is 27.7 Å². The molecule has 0 aliphatic carbocycles. The van der Waals surface area contributed by atoms with Gasteiger partial charge in [-0.2, -0.15) is 5.10 Å². The average Bonchev–Trinajstić information content (AvgIpc) is 3.00. The summed E-state index contributed by atoms with van der Waals surface area (Å²) < 4.78 is 13.7. The molecule has 0 aromatic carbocycles. The second kappa shape index (κ2) is 4.16. The minimum absolute atomic E-state index is 0.341. The van der Waals surface area contributed by atoms with Crippen molar-refractivity contribution < 1.29 is 9.31 Å². The van der Waals surface area contributed by atoms with Crippen molar-refractivity contribution >= 4 is 24.0 Å². The summed E-state index contributed by atoms with van der Waals surface area (Å²) in [5.41, 5.74) is 1.88. The van der Waals surface area contributed by atoms with Gasteiger partial charge in [0.25, 0.3) is 0 Å². The molecule has 0 amide bonds. The molecule has 0 radical (unpaired) electrons. The van der Waals surface area contributed by atoms with Crippen molar-refractivity contribution in [2.75, 3.05) is 0 Å². The van der Waals surface area contributed by atoms with Gasteiger partial charge in [-0.3, -0.25) is 4.98 Å². The number of aromatic nitrogens is 3. The molecule has 100 valence electrons. The van der Waals surface area contributed by atoms with Crippen molar-refractivity contribution in [3.05, 3.63) is 24.0 Å². The summed E-state index contributed by atoms with van der Waals surface area (Å²) in [7, 11) is -0.417. The molecule has 5 nitrogen and oxygen atoms in total. The molecule has 2 aromatic heterocycles. The lowest BCUT2D eigenvalue weighted by atomic mass is 9.85. The Hall–Kier alpha value is -1.18. The zero-order valence-electron chi connectivity index (χ0n) is 11.5. The van der Waals surface area contributed by atoms with Gasteiger partial charge in [0.15, 0.2) is 0 Å².